The summed E-state index contributed by atoms with van der Waals surface area (Å²) in [4.78, 5) is 18.6. The molecule has 6 nitrogen and oxygen atoms in total. The summed E-state index contributed by atoms with van der Waals surface area (Å²) in [7, 11) is 0. The van der Waals surface area contributed by atoms with Crippen LogP contribution >= 0.6 is 0 Å². The highest BCUT2D eigenvalue weighted by atomic mass is 16.5. The number of nitrogens with zero attached hydrogens (tertiary/aromatic N) is 2. The molecule has 0 spiro atoms. The lowest BCUT2D eigenvalue weighted by atomic mass is 10.0. The predicted molar refractivity (Wildman–Crippen MR) is 234 cm³/mol. The Hall–Kier alpha value is -6.76. The number of nitrogens with two attached hydrogens (primary N) is 1. The van der Waals surface area contributed by atoms with Crippen molar-refractivity contribution >= 4 is 46.4 Å². The first kappa shape index (κ1) is 35.0. The van der Waals surface area contributed by atoms with Gasteiger partial charge in [-0.1, -0.05) is 108 Å². The van der Waals surface area contributed by atoms with Crippen molar-refractivity contribution in [2.24, 2.45) is 5.73 Å². The summed E-state index contributed by atoms with van der Waals surface area (Å²) in [5.74, 6) is 0.784. The summed E-state index contributed by atoms with van der Waals surface area (Å²) in [6.45, 7) is 7.43. The van der Waals surface area contributed by atoms with Gasteiger partial charge in [0.05, 0.1) is 29.4 Å². The van der Waals surface area contributed by atoms with Crippen molar-refractivity contribution in [3.05, 3.63) is 161 Å². The van der Waals surface area contributed by atoms with Crippen molar-refractivity contribution in [1.29, 1.82) is 0 Å². The van der Waals surface area contributed by atoms with Crippen molar-refractivity contribution in [3.63, 3.8) is 0 Å². The molecule has 3 aromatic heterocycles. The predicted octanol–water partition coefficient (Wildman–Crippen LogP) is 12.0. The average Bonchev–Trinajstić information content (AvgIpc) is 4.06. The Labute approximate surface area is 327 Å². The smallest absolute Gasteiger partial charge is 0.127 e. The summed E-state index contributed by atoms with van der Waals surface area (Å²) in [6, 6.07) is 42.9. The molecule has 8 bridgehead atoms. The van der Waals surface area contributed by atoms with Crippen LogP contribution in [0.1, 0.15) is 45.9 Å². The van der Waals surface area contributed by atoms with E-state index in [0.717, 1.165) is 102 Å². The normalized spacial score (nSPS) is 12.0. The molecule has 2 aliphatic heterocycles. The number of para-hydroxylation sites is 1. The second-order valence-corrected chi connectivity index (χ2v) is 14.6. The number of nitrogens with one attached hydrogen (secondary N) is 2. The van der Waals surface area contributed by atoms with E-state index in [1.54, 1.807) is 0 Å². The summed E-state index contributed by atoms with van der Waals surface area (Å²) in [5.41, 5.74) is 25.0. The first-order chi connectivity index (χ1) is 27.4. The van der Waals surface area contributed by atoms with Gasteiger partial charge in [0.15, 0.2) is 0 Å². The number of rotatable bonds is 8. The molecule has 4 aromatic carbocycles. The Morgan fingerprint density at radius 3 is 1.25 bits per heavy atom. The quantitative estimate of drug-likeness (QED) is 0.136. The van der Waals surface area contributed by atoms with Crippen LogP contribution in [0.15, 0.2) is 121 Å². The highest BCUT2D eigenvalue weighted by Gasteiger charge is 2.20. The van der Waals surface area contributed by atoms with Gasteiger partial charge in [-0.05, 0) is 105 Å². The average molecular weight is 730 g/mol. The van der Waals surface area contributed by atoms with Gasteiger partial charge in [-0.3, -0.25) is 0 Å². The molecule has 7 aromatic rings. The fourth-order valence-corrected chi connectivity index (χ4v) is 7.63. The van der Waals surface area contributed by atoms with Crippen LogP contribution in [0.2, 0.25) is 0 Å². The molecule has 0 saturated carbocycles. The number of benzene rings is 4. The molecular formula is C50H43N5O. The third-order valence-corrected chi connectivity index (χ3v) is 10.5. The summed E-state index contributed by atoms with van der Waals surface area (Å²) in [6.07, 6.45) is 9.29. The lowest BCUT2D eigenvalue weighted by molar-refractivity contribution is 0.314. The van der Waals surface area contributed by atoms with Crippen molar-refractivity contribution in [1.82, 2.24) is 19.9 Å². The number of aromatic amines is 2. The molecule has 0 atom stereocenters. The van der Waals surface area contributed by atoms with Crippen LogP contribution in [0.5, 0.6) is 5.75 Å². The lowest BCUT2D eigenvalue weighted by Crippen LogP contribution is -2.06. The third-order valence-electron chi connectivity index (χ3n) is 10.5. The van der Waals surface area contributed by atoms with Gasteiger partial charge in [-0.25, -0.2) is 9.97 Å². The second kappa shape index (κ2) is 14.8. The first-order valence-electron chi connectivity index (χ1n) is 19.2. The van der Waals surface area contributed by atoms with Crippen LogP contribution in [0.25, 0.3) is 90.9 Å². The zero-order valence-corrected chi connectivity index (χ0v) is 31.9. The highest BCUT2D eigenvalue weighted by Crippen LogP contribution is 2.40. The molecule has 0 unspecified atom stereocenters. The van der Waals surface area contributed by atoms with Gasteiger partial charge in [0.2, 0.25) is 0 Å². The molecule has 0 aliphatic carbocycles. The van der Waals surface area contributed by atoms with Crippen molar-refractivity contribution in [2.75, 3.05) is 13.2 Å². The van der Waals surface area contributed by atoms with Gasteiger partial charge in [-0.15, -0.1) is 0 Å². The number of H-pyrrole nitrogens is 2. The van der Waals surface area contributed by atoms with E-state index < -0.39 is 0 Å². The van der Waals surface area contributed by atoms with Crippen LogP contribution in [-0.2, 0) is 0 Å². The molecule has 6 heteroatoms. The van der Waals surface area contributed by atoms with Gasteiger partial charge >= 0.3 is 0 Å². The van der Waals surface area contributed by atoms with Crippen molar-refractivity contribution in [3.8, 4) is 50.3 Å². The molecule has 56 heavy (non-hydrogen) atoms. The third kappa shape index (κ3) is 6.65. The van der Waals surface area contributed by atoms with Crippen LogP contribution in [0, 0.1) is 20.8 Å². The molecule has 0 radical (unpaired) electrons. The second-order valence-electron chi connectivity index (χ2n) is 14.6. The van der Waals surface area contributed by atoms with Crippen LogP contribution in [-0.4, -0.2) is 33.1 Å². The molecule has 9 rings (SSSR count). The van der Waals surface area contributed by atoms with E-state index in [0.29, 0.717) is 13.2 Å². The summed E-state index contributed by atoms with van der Waals surface area (Å²) in [5, 5.41) is 0. The van der Waals surface area contributed by atoms with E-state index in [-0.39, 0.29) is 0 Å². The Morgan fingerprint density at radius 2 is 0.839 bits per heavy atom. The van der Waals surface area contributed by atoms with Gasteiger partial charge in [0.25, 0.3) is 0 Å². The number of ether oxygens (including phenoxy) is 1. The molecule has 5 heterocycles. The SMILES string of the molecule is Cc1ccc(-c2c3nc(c(-c4ccc(C)cc4)c4ccc([nH]4)c(-c4ccccc4OCCCN)c4nc(c(-c5ccc(C)cc5)c5ccc2[nH]5)C=C4)C=C3)cc1. The number of fused-ring (bicyclic) bond motifs is 8. The summed E-state index contributed by atoms with van der Waals surface area (Å²) < 4.78 is 6.39. The molecule has 4 N–H and O–H groups in total. The van der Waals surface area contributed by atoms with E-state index in [4.69, 9.17) is 20.4 Å². The van der Waals surface area contributed by atoms with E-state index in [1.807, 2.05) is 12.1 Å². The van der Waals surface area contributed by atoms with E-state index in [1.165, 1.54) is 16.7 Å². The Morgan fingerprint density at radius 1 is 0.464 bits per heavy atom. The fraction of sp³-hybridized carbons (Fsp3) is 0.120. The molecule has 0 fully saturated rings. The highest BCUT2D eigenvalue weighted by molar-refractivity contribution is 6.00. The van der Waals surface area contributed by atoms with Crippen LogP contribution in [0.3, 0.4) is 0 Å². The van der Waals surface area contributed by atoms with E-state index in [9.17, 15) is 0 Å². The molecule has 0 amide bonds. The monoisotopic (exact) mass is 729 g/mol. The lowest BCUT2D eigenvalue weighted by Gasteiger charge is -2.12. The maximum atomic E-state index is 6.39. The van der Waals surface area contributed by atoms with E-state index >= 15 is 0 Å². The van der Waals surface area contributed by atoms with Crippen LogP contribution < -0.4 is 10.5 Å². The minimum absolute atomic E-state index is 0.523. The first-order valence-corrected chi connectivity index (χ1v) is 19.2. The Balaban J connectivity index is 1.44. The van der Waals surface area contributed by atoms with Crippen LogP contribution in [0.4, 0.5) is 0 Å². The standard InChI is InChI=1S/C50H43N5O/c1-31-9-15-34(16-10-31)47-38-21-23-40(52-38)48(35-17-11-32(2)12-18-35)42-25-27-44(54-42)50(37-7-4-5-8-46(37)56-30-6-29-51)45-28-26-43(55-45)49(41-24-22-39(47)53-41)36-19-13-33(3)14-20-36/h4-5,7-28,52,55H,6,29-30,51H2,1-3H3. The number of aryl methyl sites for hydroxylation is 3. The van der Waals surface area contributed by atoms with Gasteiger partial charge < -0.3 is 20.4 Å². The van der Waals surface area contributed by atoms with Gasteiger partial charge in [0.1, 0.15) is 5.75 Å². The van der Waals surface area contributed by atoms with Gasteiger partial charge in [-0.2, -0.15) is 0 Å². The van der Waals surface area contributed by atoms with Crippen molar-refractivity contribution in [2.45, 2.75) is 27.2 Å². The fourth-order valence-electron chi connectivity index (χ4n) is 7.63. The topological polar surface area (TPSA) is 92.6 Å². The number of hydrogen-bond donors (Lipinski definition) is 3. The van der Waals surface area contributed by atoms with Crippen molar-refractivity contribution < 1.29 is 4.74 Å². The maximum Gasteiger partial charge on any atom is 0.127 e. The summed E-state index contributed by atoms with van der Waals surface area (Å²) >= 11 is 0. The van der Waals surface area contributed by atoms with Gasteiger partial charge in [0, 0.05) is 49.9 Å². The maximum absolute atomic E-state index is 6.39. The molecule has 2 aliphatic rings. The number of hydrogen-bond acceptors (Lipinski definition) is 4. The van der Waals surface area contributed by atoms with E-state index in [2.05, 4.69) is 164 Å². The Bertz CT molecular complexity index is 2780. The number of aromatic nitrogens is 4. The molecular weight excluding hydrogens is 687 g/mol. The zero-order chi connectivity index (χ0) is 38.2. The zero-order valence-electron chi connectivity index (χ0n) is 31.9. The Kier molecular flexibility index (Phi) is 9.25. The minimum Gasteiger partial charge on any atom is -0.493 e. The molecule has 0 saturated heterocycles. The minimum atomic E-state index is 0.523. The molecule has 274 valence electrons. The largest absolute Gasteiger partial charge is 0.493 e.